The molecule has 22 heavy (non-hydrogen) atoms. The molecule has 0 radical (unpaired) electrons. The molecule has 112 valence electrons. The average molecular weight is 294 g/mol. The summed E-state index contributed by atoms with van der Waals surface area (Å²) in [7, 11) is 0. The zero-order valence-electron chi connectivity index (χ0n) is 12.4. The molecule has 1 fully saturated rings. The Morgan fingerprint density at radius 3 is 2.68 bits per heavy atom. The Bertz CT molecular complexity index is 725. The molecule has 0 aromatic heterocycles. The van der Waals surface area contributed by atoms with Gasteiger partial charge in [0.25, 0.3) is 0 Å². The predicted octanol–water partition coefficient (Wildman–Crippen LogP) is 3.78. The average Bonchev–Trinajstić information content (AvgIpc) is 3.02. The Kier molecular flexibility index (Phi) is 2.56. The molecule has 1 saturated heterocycles. The molecule has 0 N–H and O–H groups in total. The van der Waals surface area contributed by atoms with Crippen LogP contribution in [0.1, 0.15) is 36.0 Å². The van der Waals surface area contributed by atoms with Crippen LogP contribution in [0.15, 0.2) is 42.5 Å². The van der Waals surface area contributed by atoms with E-state index in [1.807, 2.05) is 0 Å². The van der Waals surface area contributed by atoms with Gasteiger partial charge < -0.3 is 14.2 Å². The molecule has 0 spiro atoms. The lowest BCUT2D eigenvalue weighted by molar-refractivity contribution is -0.119. The van der Waals surface area contributed by atoms with Gasteiger partial charge >= 0.3 is 0 Å². The summed E-state index contributed by atoms with van der Waals surface area (Å²) in [5.41, 5.74) is 3.54. The van der Waals surface area contributed by atoms with E-state index < -0.39 is 0 Å². The van der Waals surface area contributed by atoms with Crippen LogP contribution < -0.4 is 9.47 Å². The molecule has 3 aliphatic heterocycles. The van der Waals surface area contributed by atoms with E-state index in [0.717, 1.165) is 30.8 Å². The topological polar surface area (TPSA) is 27.7 Å². The van der Waals surface area contributed by atoms with E-state index in [-0.39, 0.29) is 5.60 Å². The fraction of sp³-hybridized carbons (Fsp3) is 0.368. The highest BCUT2D eigenvalue weighted by molar-refractivity contribution is 5.54. The first-order valence-corrected chi connectivity index (χ1v) is 8.01. The van der Waals surface area contributed by atoms with E-state index in [1.54, 1.807) is 0 Å². The normalized spacial score (nSPS) is 28.3. The van der Waals surface area contributed by atoms with Crippen molar-refractivity contribution in [3.05, 3.63) is 59.2 Å². The lowest BCUT2D eigenvalue weighted by atomic mass is 9.73. The minimum Gasteiger partial charge on any atom is -0.454 e. The maximum Gasteiger partial charge on any atom is 0.231 e. The summed E-state index contributed by atoms with van der Waals surface area (Å²) in [6.45, 7) is 0.320. The van der Waals surface area contributed by atoms with Gasteiger partial charge in [0.2, 0.25) is 6.79 Å². The van der Waals surface area contributed by atoms with Gasteiger partial charge in [-0.05, 0) is 54.5 Å². The molecule has 0 amide bonds. The number of rotatable bonds is 1. The van der Waals surface area contributed by atoms with E-state index in [2.05, 4.69) is 42.5 Å². The molecule has 0 aliphatic carbocycles. The third-order valence-electron chi connectivity index (χ3n) is 5.14. The molecule has 2 bridgehead atoms. The van der Waals surface area contributed by atoms with Crippen molar-refractivity contribution in [3.8, 4) is 11.5 Å². The summed E-state index contributed by atoms with van der Waals surface area (Å²) in [5, 5.41) is 0. The van der Waals surface area contributed by atoms with Crippen molar-refractivity contribution in [3.63, 3.8) is 0 Å². The molecule has 0 unspecified atom stereocenters. The molecule has 5 rings (SSSR count). The highest BCUT2D eigenvalue weighted by atomic mass is 16.7. The van der Waals surface area contributed by atoms with Crippen LogP contribution in [0.2, 0.25) is 0 Å². The van der Waals surface area contributed by atoms with Crippen molar-refractivity contribution in [2.24, 2.45) is 0 Å². The van der Waals surface area contributed by atoms with Crippen LogP contribution in [-0.2, 0) is 16.8 Å². The molecule has 2 aromatic rings. The molecule has 3 heteroatoms. The van der Waals surface area contributed by atoms with Gasteiger partial charge in [-0.1, -0.05) is 30.3 Å². The molecule has 0 saturated carbocycles. The van der Waals surface area contributed by atoms with Crippen molar-refractivity contribution >= 4 is 0 Å². The second-order valence-electron chi connectivity index (χ2n) is 6.39. The molecular formula is C19H18O3. The smallest absolute Gasteiger partial charge is 0.231 e. The van der Waals surface area contributed by atoms with Crippen LogP contribution in [0.3, 0.4) is 0 Å². The van der Waals surface area contributed by atoms with Gasteiger partial charge in [-0.2, -0.15) is 0 Å². The van der Waals surface area contributed by atoms with Crippen LogP contribution >= 0.6 is 0 Å². The van der Waals surface area contributed by atoms with Crippen molar-refractivity contribution in [1.29, 1.82) is 0 Å². The summed E-state index contributed by atoms with van der Waals surface area (Å²) >= 11 is 0. The van der Waals surface area contributed by atoms with Crippen LogP contribution in [0.25, 0.3) is 0 Å². The monoisotopic (exact) mass is 294 g/mol. The SMILES string of the molecule is c1ccc([C@]23CCC[C@H](Cc4cc5c(cc42)OCO5)O3)cc1. The van der Waals surface area contributed by atoms with Crippen LogP contribution in [0.5, 0.6) is 11.5 Å². The fourth-order valence-corrected chi connectivity index (χ4v) is 4.17. The van der Waals surface area contributed by atoms with E-state index in [9.17, 15) is 0 Å². The molecule has 2 aromatic carbocycles. The fourth-order valence-electron chi connectivity index (χ4n) is 4.17. The predicted molar refractivity (Wildman–Crippen MR) is 82.2 cm³/mol. The van der Waals surface area contributed by atoms with Crippen LogP contribution in [0.4, 0.5) is 0 Å². The molecule has 3 heterocycles. The molecular weight excluding hydrogens is 276 g/mol. The van der Waals surface area contributed by atoms with Gasteiger partial charge in [-0.15, -0.1) is 0 Å². The minimum atomic E-state index is -0.321. The lowest BCUT2D eigenvalue weighted by Crippen LogP contribution is -2.44. The largest absolute Gasteiger partial charge is 0.454 e. The third-order valence-corrected chi connectivity index (χ3v) is 5.14. The lowest BCUT2D eigenvalue weighted by Gasteiger charge is -2.47. The van der Waals surface area contributed by atoms with Gasteiger partial charge in [0.1, 0.15) is 5.60 Å². The van der Waals surface area contributed by atoms with E-state index >= 15 is 0 Å². The van der Waals surface area contributed by atoms with E-state index in [1.165, 1.54) is 23.1 Å². The van der Waals surface area contributed by atoms with Crippen molar-refractivity contribution in [2.45, 2.75) is 37.4 Å². The Morgan fingerprint density at radius 2 is 1.82 bits per heavy atom. The third kappa shape index (κ3) is 1.66. The van der Waals surface area contributed by atoms with Crippen molar-refractivity contribution in [1.82, 2.24) is 0 Å². The second-order valence-corrected chi connectivity index (χ2v) is 6.39. The highest BCUT2D eigenvalue weighted by Crippen LogP contribution is 2.51. The summed E-state index contributed by atoms with van der Waals surface area (Å²) in [6, 6.07) is 14.9. The molecule has 3 aliphatic rings. The van der Waals surface area contributed by atoms with Gasteiger partial charge in [-0.25, -0.2) is 0 Å². The summed E-state index contributed by atoms with van der Waals surface area (Å²) in [5.74, 6) is 1.73. The maximum absolute atomic E-state index is 6.59. The zero-order valence-corrected chi connectivity index (χ0v) is 12.4. The first-order valence-electron chi connectivity index (χ1n) is 8.01. The van der Waals surface area contributed by atoms with Gasteiger partial charge in [-0.3, -0.25) is 0 Å². The standard InChI is InChI=1S/C19H18O3/c1-2-5-14(6-3-1)19-8-4-7-15(22-19)9-13-10-17-18(11-16(13)19)21-12-20-17/h1-3,5-6,10-11,15H,4,7-9,12H2/t15-,19-/m1/s1. The van der Waals surface area contributed by atoms with Crippen molar-refractivity contribution in [2.75, 3.05) is 6.79 Å². The summed E-state index contributed by atoms with van der Waals surface area (Å²) in [4.78, 5) is 0. The van der Waals surface area contributed by atoms with Gasteiger partial charge in [0, 0.05) is 0 Å². The molecule has 2 atom stereocenters. The number of fused-ring (bicyclic) bond motifs is 5. The highest BCUT2D eigenvalue weighted by Gasteiger charge is 2.46. The first-order chi connectivity index (χ1) is 10.9. The Hall–Kier alpha value is -2.00. The Balaban J connectivity index is 1.75. The summed E-state index contributed by atoms with van der Waals surface area (Å²) in [6.07, 6.45) is 4.65. The second kappa shape index (κ2) is 4.50. The van der Waals surface area contributed by atoms with E-state index in [0.29, 0.717) is 12.9 Å². The van der Waals surface area contributed by atoms with Crippen molar-refractivity contribution < 1.29 is 14.2 Å². The van der Waals surface area contributed by atoms with Crippen LogP contribution in [0, 0.1) is 0 Å². The van der Waals surface area contributed by atoms with Crippen LogP contribution in [-0.4, -0.2) is 12.9 Å². The van der Waals surface area contributed by atoms with Gasteiger partial charge in [0.05, 0.1) is 6.10 Å². The maximum atomic E-state index is 6.59. The Morgan fingerprint density at radius 1 is 1.00 bits per heavy atom. The number of ether oxygens (including phenoxy) is 3. The summed E-state index contributed by atoms with van der Waals surface area (Å²) < 4.78 is 17.8. The molecule has 3 nitrogen and oxygen atoms in total. The number of hydrogen-bond acceptors (Lipinski definition) is 3. The zero-order chi connectivity index (χ0) is 14.6. The number of benzene rings is 2. The van der Waals surface area contributed by atoms with E-state index in [4.69, 9.17) is 14.2 Å². The minimum absolute atomic E-state index is 0.307. The number of hydrogen-bond donors (Lipinski definition) is 0. The first kappa shape index (κ1) is 12.5. The quantitative estimate of drug-likeness (QED) is 0.801. The van der Waals surface area contributed by atoms with Gasteiger partial charge in [0.15, 0.2) is 11.5 Å². The Labute approximate surface area is 129 Å².